The van der Waals surface area contributed by atoms with Crippen molar-refractivity contribution in [2.24, 2.45) is 0 Å². The van der Waals surface area contributed by atoms with Crippen LogP contribution in [-0.4, -0.2) is 15.0 Å². The number of rotatable bonds is 2. The fourth-order valence-corrected chi connectivity index (χ4v) is 7.79. The van der Waals surface area contributed by atoms with Crippen molar-refractivity contribution in [3.05, 3.63) is 164 Å². The van der Waals surface area contributed by atoms with Crippen LogP contribution in [0.5, 0.6) is 0 Å². The van der Waals surface area contributed by atoms with E-state index in [9.17, 15) is 0 Å². The van der Waals surface area contributed by atoms with Crippen LogP contribution in [0.4, 0.5) is 17.1 Å². The molecule has 0 aliphatic carbocycles. The van der Waals surface area contributed by atoms with Gasteiger partial charge in [0.1, 0.15) is 5.58 Å². The van der Waals surface area contributed by atoms with Crippen molar-refractivity contribution in [1.82, 2.24) is 15.0 Å². The van der Waals surface area contributed by atoms with E-state index in [2.05, 4.69) is 155 Å². The molecule has 5 heteroatoms. The Hall–Kier alpha value is -6.98. The van der Waals surface area contributed by atoms with Crippen molar-refractivity contribution in [2.75, 3.05) is 4.90 Å². The number of para-hydroxylation sites is 4. The topological polar surface area (TPSA) is 58.0 Å². The molecule has 5 nitrogen and oxygen atoms in total. The molecule has 4 heterocycles. The van der Waals surface area contributed by atoms with Crippen molar-refractivity contribution in [3.63, 3.8) is 0 Å². The third-order valence-corrected chi connectivity index (χ3v) is 10.1. The van der Waals surface area contributed by atoms with Crippen LogP contribution >= 0.6 is 0 Å². The second kappa shape index (κ2) is 10.8. The zero-order valence-corrected chi connectivity index (χ0v) is 27.3. The number of hydrogen-bond donors (Lipinski definition) is 1. The van der Waals surface area contributed by atoms with E-state index >= 15 is 0 Å². The highest BCUT2D eigenvalue weighted by atomic mass is 16.3. The van der Waals surface area contributed by atoms with Crippen molar-refractivity contribution < 1.29 is 4.42 Å². The van der Waals surface area contributed by atoms with Gasteiger partial charge in [-0.1, -0.05) is 109 Å². The fraction of sp³-hybridized carbons (Fsp3) is 0. The van der Waals surface area contributed by atoms with Gasteiger partial charge >= 0.3 is 0 Å². The molecule has 0 fully saturated rings. The van der Waals surface area contributed by atoms with Gasteiger partial charge in [0.2, 0.25) is 0 Å². The van der Waals surface area contributed by atoms with Crippen molar-refractivity contribution >= 4 is 60.8 Å². The van der Waals surface area contributed by atoms with Gasteiger partial charge in [-0.15, -0.1) is 0 Å². The molecule has 10 aromatic rings. The van der Waals surface area contributed by atoms with Gasteiger partial charge in [0, 0.05) is 55.2 Å². The summed E-state index contributed by atoms with van der Waals surface area (Å²) in [7, 11) is 0. The smallest absolute Gasteiger partial charge is 0.162 e. The number of H-pyrrole nitrogens is 1. The maximum absolute atomic E-state index is 6.75. The number of hydrogen-bond acceptors (Lipinski definition) is 4. The molecule has 0 amide bonds. The van der Waals surface area contributed by atoms with Gasteiger partial charge in [-0.3, -0.25) is 0 Å². The lowest BCUT2D eigenvalue weighted by Crippen LogP contribution is -2.10. The Morgan fingerprint density at radius 1 is 0.451 bits per heavy atom. The molecule has 7 aromatic carbocycles. The first-order chi connectivity index (χ1) is 25.3. The number of aromatic amines is 1. The molecular weight excluding hydrogens is 625 g/mol. The minimum atomic E-state index is 0.666. The molecule has 238 valence electrons. The van der Waals surface area contributed by atoms with Crippen LogP contribution in [0.2, 0.25) is 0 Å². The summed E-state index contributed by atoms with van der Waals surface area (Å²) in [5.74, 6) is 0.666. The molecular formula is C46H28N4O. The Morgan fingerprint density at radius 3 is 1.90 bits per heavy atom. The van der Waals surface area contributed by atoms with Crippen LogP contribution in [0.1, 0.15) is 0 Å². The molecule has 1 aliphatic heterocycles. The van der Waals surface area contributed by atoms with Crippen molar-refractivity contribution in [1.29, 1.82) is 0 Å². The zero-order valence-electron chi connectivity index (χ0n) is 27.3. The summed E-state index contributed by atoms with van der Waals surface area (Å²) in [6.45, 7) is 0. The number of benzene rings is 7. The SMILES string of the molecule is c1ccc(-c2cc3nc(n2)-c2cccc4c2[nH]c2c(cccc24)-c2cccc(c2)N(c2ccccc2)c2cc-3cc3c2oc2ccccc23)cc1. The quantitative estimate of drug-likeness (QED) is 0.202. The highest BCUT2D eigenvalue weighted by molar-refractivity contribution is 6.16. The van der Waals surface area contributed by atoms with E-state index in [1.807, 2.05) is 18.2 Å². The molecule has 8 bridgehead atoms. The Kier molecular flexibility index (Phi) is 5.89. The van der Waals surface area contributed by atoms with Crippen LogP contribution in [0.15, 0.2) is 168 Å². The van der Waals surface area contributed by atoms with Crippen LogP contribution in [-0.2, 0) is 0 Å². The number of nitrogens with zero attached hydrogens (tertiary/aromatic N) is 3. The highest BCUT2D eigenvalue weighted by Crippen LogP contribution is 2.46. The Morgan fingerprint density at radius 2 is 1.08 bits per heavy atom. The van der Waals surface area contributed by atoms with Gasteiger partial charge in [-0.25, -0.2) is 9.97 Å². The third-order valence-electron chi connectivity index (χ3n) is 10.1. The molecule has 0 unspecified atom stereocenters. The maximum atomic E-state index is 6.75. The van der Waals surface area contributed by atoms with E-state index < -0.39 is 0 Å². The molecule has 0 spiro atoms. The first-order valence-electron chi connectivity index (χ1n) is 17.2. The molecule has 0 saturated carbocycles. The second-order valence-corrected chi connectivity index (χ2v) is 13.1. The first-order valence-corrected chi connectivity index (χ1v) is 17.2. The number of furan rings is 1. The molecule has 0 saturated heterocycles. The molecule has 0 radical (unpaired) electrons. The first kappa shape index (κ1) is 27.9. The van der Waals surface area contributed by atoms with Gasteiger partial charge in [-0.05, 0) is 60.2 Å². The average molecular weight is 653 g/mol. The Bertz CT molecular complexity index is 2980. The third kappa shape index (κ3) is 4.28. The largest absolute Gasteiger partial charge is 0.454 e. The molecule has 3 aromatic heterocycles. The summed E-state index contributed by atoms with van der Waals surface area (Å²) >= 11 is 0. The molecule has 11 rings (SSSR count). The average Bonchev–Trinajstić information content (AvgIpc) is 3.77. The standard InChI is InChI=1S/C46H28N4O/c1-3-12-28(13-4-1)39-27-40-30-25-38-34-18-7-8-23-42(34)51-45(38)41(26-30)50(31-15-5-2-6-16-31)32-17-9-14-29(24-32)33-19-10-20-35-36-21-11-22-37(46(47-39)48-40)44(36)49-43(33)35/h1-27,49H. The van der Waals surface area contributed by atoms with Gasteiger partial charge in [0.25, 0.3) is 0 Å². The van der Waals surface area contributed by atoms with Crippen LogP contribution in [0.25, 0.3) is 88.8 Å². The van der Waals surface area contributed by atoms with Gasteiger partial charge in [0.15, 0.2) is 11.4 Å². The van der Waals surface area contributed by atoms with E-state index in [4.69, 9.17) is 14.4 Å². The number of fused-ring (bicyclic) bond motifs is 14. The summed E-state index contributed by atoms with van der Waals surface area (Å²) in [6, 6.07) is 57.5. The molecule has 0 atom stereocenters. The van der Waals surface area contributed by atoms with E-state index in [0.29, 0.717) is 5.82 Å². The molecule has 51 heavy (non-hydrogen) atoms. The minimum Gasteiger partial charge on any atom is -0.454 e. The summed E-state index contributed by atoms with van der Waals surface area (Å²) in [6.07, 6.45) is 0. The van der Waals surface area contributed by atoms with E-state index in [1.54, 1.807) is 0 Å². The zero-order chi connectivity index (χ0) is 33.5. The highest BCUT2D eigenvalue weighted by Gasteiger charge is 2.24. The van der Waals surface area contributed by atoms with E-state index in [1.165, 1.54) is 0 Å². The van der Waals surface area contributed by atoms with Crippen molar-refractivity contribution in [2.45, 2.75) is 0 Å². The lowest BCUT2D eigenvalue weighted by atomic mass is 9.99. The summed E-state index contributed by atoms with van der Waals surface area (Å²) in [4.78, 5) is 16.8. The number of nitrogens with one attached hydrogen (secondary N) is 1. The fourth-order valence-electron chi connectivity index (χ4n) is 7.79. The van der Waals surface area contributed by atoms with Crippen LogP contribution < -0.4 is 4.90 Å². The number of anilines is 3. The van der Waals surface area contributed by atoms with Gasteiger partial charge in [0.05, 0.1) is 28.1 Å². The monoisotopic (exact) mass is 652 g/mol. The van der Waals surface area contributed by atoms with E-state index in [-0.39, 0.29) is 0 Å². The second-order valence-electron chi connectivity index (χ2n) is 13.1. The van der Waals surface area contributed by atoms with Crippen LogP contribution in [0, 0.1) is 0 Å². The summed E-state index contributed by atoms with van der Waals surface area (Å²) in [5.41, 5.74) is 13.6. The predicted molar refractivity (Wildman–Crippen MR) is 209 cm³/mol. The summed E-state index contributed by atoms with van der Waals surface area (Å²) < 4.78 is 6.75. The van der Waals surface area contributed by atoms with Crippen molar-refractivity contribution in [3.8, 4) is 45.0 Å². The normalized spacial score (nSPS) is 12.3. The lowest BCUT2D eigenvalue weighted by molar-refractivity contribution is 0.669. The van der Waals surface area contributed by atoms with E-state index in [0.717, 1.165) is 100 Å². The molecule has 1 N–H and O–H groups in total. The maximum Gasteiger partial charge on any atom is 0.162 e. The number of aromatic nitrogens is 3. The lowest BCUT2D eigenvalue weighted by Gasteiger charge is -2.26. The van der Waals surface area contributed by atoms with Crippen LogP contribution in [0.3, 0.4) is 0 Å². The molecule has 1 aliphatic rings. The Balaban J connectivity index is 1.33. The Labute approximate surface area is 293 Å². The van der Waals surface area contributed by atoms with Gasteiger partial charge in [-0.2, -0.15) is 0 Å². The summed E-state index contributed by atoms with van der Waals surface area (Å²) in [5, 5.41) is 4.39. The predicted octanol–water partition coefficient (Wildman–Crippen LogP) is 12.5. The minimum absolute atomic E-state index is 0.666. The van der Waals surface area contributed by atoms with Gasteiger partial charge < -0.3 is 14.3 Å².